The van der Waals surface area contributed by atoms with Gasteiger partial charge in [-0.15, -0.1) is 0 Å². The summed E-state index contributed by atoms with van der Waals surface area (Å²) < 4.78 is 0. The maximum atomic E-state index is 12.5. The number of rotatable bonds is 2. The van der Waals surface area contributed by atoms with Gasteiger partial charge in [0.25, 0.3) is 5.91 Å². The largest absolute Gasteiger partial charge is 0.508 e. The summed E-state index contributed by atoms with van der Waals surface area (Å²) in [6, 6.07) is 14.5. The Hall–Kier alpha value is -2.49. The zero-order valence-electron chi connectivity index (χ0n) is 11.2. The Kier molecular flexibility index (Phi) is 3.06. The molecule has 0 bridgehead atoms. The number of nitrogens with one attached hydrogen (secondary N) is 1. The fraction of sp³-hybridized carbons (Fsp3) is 0.188. The fourth-order valence-corrected chi connectivity index (χ4v) is 2.54. The number of hydrogen-bond donors (Lipinski definition) is 2. The zero-order valence-corrected chi connectivity index (χ0v) is 11.2. The van der Waals surface area contributed by atoms with E-state index in [0.29, 0.717) is 12.1 Å². The number of phenols is 1. The van der Waals surface area contributed by atoms with Crippen molar-refractivity contribution < 1.29 is 9.90 Å². The van der Waals surface area contributed by atoms with Crippen molar-refractivity contribution in [3.63, 3.8) is 0 Å². The van der Waals surface area contributed by atoms with Gasteiger partial charge in [-0.1, -0.05) is 24.3 Å². The van der Waals surface area contributed by atoms with Crippen molar-refractivity contribution in [3.05, 3.63) is 59.7 Å². The molecule has 0 saturated carbocycles. The van der Waals surface area contributed by atoms with Crippen molar-refractivity contribution in [1.29, 1.82) is 0 Å². The van der Waals surface area contributed by atoms with Gasteiger partial charge in [0.2, 0.25) is 0 Å². The molecular weight excluding hydrogens is 252 g/mol. The molecule has 3 rings (SSSR count). The van der Waals surface area contributed by atoms with Gasteiger partial charge < -0.3 is 15.3 Å². The number of para-hydroxylation sites is 1. The summed E-state index contributed by atoms with van der Waals surface area (Å²) in [5.41, 5.74) is 2.50. The molecule has 0 unspecified atom stereocenters. The minimum absolute atomic E-state index is 0.0277. The quantitative estimate of drug-likeness (QED) is 0.880. The maximum Gasteiger partial charge on any atom is 0.257 e. The van der Waals surface area contributed by atoms with Crippen molar-refractivity contribution >= 4 is 11.6 Å². The lowest BCUT2D eigenvalue weighted by Crippen LogP contribution is -2.42. The third kappa shape index (κ3) is 1.99. The van der Waals surface area contributed by atoms with Gasteiger partial charge in [-0.05, 0) is 36.8 Å². The number of aromatic hydroxyl groups is 1. The third-order valence-corrected chi connectivity index (χ3v) is 3.57. The number of nitrogens with zero attached hydrogens (tertiary/aromatic N) is 1. The topological polar surface area (TPSA) is 52.6 Å². The van der Waals surface area contributed by atoms with Gasteiger partial charge in [0.1, 0.15) is 11.9 Å². The Morgan fingerprint density at radius 2 is 1.85 bits per heavy atom. The number of benzene rings is 2. The molecule has 1 heterocycles. The summed E-state index contributed by atoms with van der Waals surface area (Å²) >= 11 is 0. The van der Waals surface area contributed by atoms with E-state index < -0.39 is 0 Å². The highest BCUT2D eigenvalue weighted by Crippen LogP contribution is 2.33. The molecule has 2 aromatic carbocycles. The lowest BCUT2D eigenvalue weighted by molar-refractivity contribution is 0.0695. The van der Waals surface area contributed by atoms with Gasteiger partial charge in [-0.3, -0.25) is 4.79 Å². The van der Waals surface area contributed by atoms with E-state index in [0.717, 1.165) is 11.3 Å². The molecule has 0 aliphatic carbocycles. The molecule has 1 aliphatic heterocycles. The number of amides is 1. The van der Waals surface area contributed by atoms with E-state index in [4.69, 9.17) is 0 Å². The van der Waals surface area contributed by atoms with Crippen LogP contribution in [0, 0.1) is 0 Å². The average molecular weight is 268 g/mol. The normalized spacial score (nSPS) is 17.6. The van der Waals surface area contributed by atoms with Crippen LogP contribution in [0.1, 0.15) is 29.0 Å². The van der Waals surface area contributed by atoms with Crippen LogP contribution in [0.25, 0.3) is 0 Å². The Bertz CT molecular complexity index is 637. The van der Waals surface area contributed by atoms with Gasteiger partial charge in [0.05, 0.1) is 5.56 Å². The number of carbonyl (C=O) groups is 1. The van der Waals surface area contributed by atoms with Crippen LogP contribution >= 0.6 is 0 Å². The third-order valence-electron chi connectivity index (χ3n) is 3.57. The molecule has 102 valence electrons. The Balaban J connectivity index is 2.03. The van der Waals surface area contributed by atoms with Gasteiger partial charge in [0, 0.05) is 12.2 Å². The van der Waals surface area contributed by atoms with Crippen molar-refractivity contribution in [1.82, 2.24) is 4.90 Å². The summed E-state index contributed by atoms with van der Waals surface area (Å²) in [7, 11) is 0. The van der Waals surface area contributed by atoms with E-state index in [2.05, 4.69) is 5.32 Å². The van der Waals surface area contributed by atoms with Crippen LogP contribution in [0.15, 0.2) is 48.5 Å². The van der Waals surface area contributed by atoms with Crippen LogP contribution in [0.4, 0.5) is 5.69 Å². The molecule has 0 radical (unpaired) electrons. The highest BCUT2D eigenvalue weighted by Gasteiger charge is 2.31. The van der Waals surface area contributed by atoms with E-state index in [-0.39, 0.29) is 17.8 Å². The van der Waals surface area contributed by atoms with E-state index in [1.807, 2.05) is 43.3 Å². The summed E-state index contributed by atoms with van der Waals surface area (Å²) in [6.07, 6.45) is -0.206. The Morgan fingerprint density at radius 1 is 1.15 bits per heavy atom. The van der Waals surface area contributed by atoms with Crippen LogP contribution in [0.5, 0.6) is 5.75 Å². The van der Waals surface area contributed by atoms with E-state index in [9.17, 15) is 9.90 Å². The maximum absolute atomic E-state index is 12.5. The lowest BCUT2D eigenvalue weighted by atomic mass is 10.0. The molecular formula is C16H16N2O2. The second kappa shape index (κ2) is 4.89. The predicted molar refractivity (Wildman–Crippen MR) is 77.6 cm³/mol. The van der Waals surface area contributed by atoms with E-state index >= 15 is 0 Å². The smallest absolute Gasteiger partial charge is 0.257 e. The van der Waals surface area contributed by atoms with Gasteiger partial charge in [0.15, 0.2) is 0 Å². The standard InChI is InChI=1S/C16H16N2O2/c1-2-18-15(11-7-9-12(19)10-8-11)17-14-6-4-3-5-13(14)16(18)20/h3-10,15,17,19H,2H2,1H3/t15-/m0/s1. The molecule has 4 nitrogen and oxygen atoms in total. The predicted octanol–water partition coefficient (Wildman–Crippen LogP) is 2.98. The minimum Gasteiger partial charge on any atom is -0.508 e. The highest BCUT2D eigenvalue weighted by atomic mass is 16.3. The second-order valence-electron chi connectivity index (χ2n) is 4.78. The average Bonchev–Trinajstić information content (AvgIpc) is 2.48. The van der Waals surface area contributed by atoms with Crippen LogP contribution < -0.4 is 5.32 Å². The van der Waals surface area contributed by atoms with Crippen LogP contribution in [0.2, 0.25) is 0 Å². The first-order valence-corrected chi connectivity index (χ1v) is 6.66. The van der Waals surface area contributed by atoms with Crippen LogP contribution in [-0.2, 0) is 0 Å². The minimum atomic E-state index is -0.206. The van der Waals surface area contributed by atoms with Gasteiger partial charge in [-0.25, -0.2) is 0 Å². The van der Waals surface area contributed by atoms with Crippen LogP contribution in [0.3, 0.4) is 0 Å². The first-order valence-electron chi connectivity index (χ1n) is 6.66. The number of hydrogen-bond acceptors (Lipinski definition) is 3. The molecule has 0 saturated heterocycles. The summed E-state index contributed by atoms with van der Waals surface area (Å²) in [6.45, 7) is 2.58. The monoisotopic (exact) mass is 268 g/mol. The van der Waals surface area contributed by atoms with Crippen molar-refractivity contribution in [2.45, 2.75) is 13.1 Å². The summed E-state index contributed by atoms with van der Waals surface area (Å²) in [4.78, 5) is 14.3. The van der Waals surface area contributed by atoms with Crippen molar-refractivity contribution in [2.24, 2.45) is 0 Å². The number of carbonyl (C=O) groups excluding carboxylic acids is 1. The molecule has 1 aliphatic rings. The first kappa shape index (κ1) is 12.5. The van der Waals surface area contributed by atoms with E-state index in [1.165, 1.54) is 0 Å². The molecule has 0 aromatic heterocycles. The molecule has 4 heteroatoms. The van der Waals surface area contributed by atoms with E-state index in [1.54, 1.807) is 17.0 Å². The Labute approximate surface area is 117 Å². The first-order chi connectivity index (χ1) is 9.70. The van der Waals surface area contributed by atoms with Gasteiger partial charge in [-0.2, -0.15) is 0 Å². The summed E-state index contributed by atoms with van der Waals surface area (Å²) in [5.74, 6) is 0.249. The Morgan fingerprint density at radius 3 is 2.55 bits per heavy atom. The molecule has 0 spiro atoms. The molecule has 2 N–H and O–H groups in total. The SMILES string of the molecule is CCN1C(=O)c2ccccc2N[C@@H]1c1ccc(O)cc1. The number of phenolic OH excluding ortho intramolecular Hbond substituents is 1. The van der Waals surface area contributed by atoms with Crippen molar-refractivity contribution in [2.75, 3.05) is 11.9 Å². The van der Waals surface area contributed by atoms with Gasteiger partial charge >= 0.3 is 0 Å². The number of anilines is 1. The second-order valence-corrected chi connectivity index (χ2v) is 4.78. The zero-order chi connectivity index (χ0) is 14.1. The van der Waals surface area contributed by atoms with Crippen molar-refractivity contribution in [3.8, 4) is 5.75 Å². The molecule has 1 atom stereocenters. The highest BCUT2D eigenvalue weighted by molar-refractivity contribution is 6.01. The summed E-state index contributed by atoms with van der Waals surface area (Å²) in [5, 5.41) is 12.8. The lowest BCUT2D eigenvalue weighted by Gasteiger charge is -2.37. The molecule has 1 amide bonds. The van der Waals surface area contributed by atoms with Crippen LogP contribution in [-0.4, -0.2) is 22.5 Å². The molecule has 0 fully saturated rings. The number of fused-ring (bicyclic) bond motifs is 1. The molecule has 20 heavy (non-hydrogen) atoms. The molecule has 2 aromatic rings. The fourth-order valence-electron chi connectivity index (χ4n) is 2.54.